The fraction of sp³-hybridized carbons (Fsp3) is 0.267. The SMILES string of the molecule is Cc1noc(-c2ccc(C(=O)N3CCC(C(=O)N[C@@H](C)c4ccc(F)cc4)(c4ccccc4)CC3)cc2)n1. The van der Waals surface area contributed by atoms with Gasteiger partial charge in [-0.2, -0.15) is 4.98 Å². The standard InChI is InChI=1S/C30H29FN4O3/c1-20(22-12-14-26(31)15-13-22)32-29(37)30(25-6-4-3-5-7-25)16-18-35(19-17-30)28(36)24-10-8-23(9-11-24)27-33-21(2)34-38-27/h3-15,20H,16-19H2,1-2H3,(H,32,37)/t20-/m0/s1. The first kappa shape index (κ1) is 25.3. The second-order valence-electron chi connectivity index (χ2n) is 9.71. The van der Waals surface area contributed by atoms with Crippen LogP contribution in [0.5, 0.6) is 0 Å². The number of rotatable bonds is 6. The van der Waals surface area contributed by atoms with Crippen LogP contribution in [0.4, 0.5) is 4.39 Å². The summed E-state index contributed by atoms with van der Waals surface area (Å²) in [5.74, 6) is 0.468. The van der Waals surface area contributed by atoms with E-state index < -0.39 is 5.41 Å². The molecular weight excluding hydrogens is 483 g/mol. The van der Waals surface area contributed by atoms with Crippen LogP contribution in [0.1, 0.15) is 53.1 Å². The van der Waals surface area contributed by atoms with E-state index in [1.807, 2.05) is 37.3 Å². The third-order valence-corrected chi connectivity index (χ3v) is 7.29. The van der Waals surface area contributed by atoms with Crippen LogP contribution >= 0.6 is 0 Å². The number of piperidine rings is 1. The lowest BCUT2D eigenvalue weighted by molar-refractivity contribution is -0.129. The normalized spacial score (nSPS) is 15.6. The fourth-order valence-electron chi connectivity index (χ4n) is 5.02. The van der Waals surface area contributed by atoms with Gasteiger partial charge in [-0.1, -0.05) is 47.6 Å². The van der Waals surface area contributed by atoms with Crippen molar-refractivity contribution in [3.05, 3.63) is 107 Å². The minimum Gasteiger partial charge on any atom is -0.349 e. The summed E-state index contributed by atoms with van der Waals surface area (Å²) in [5, 5.41) is 6.95. The van der Waals surface area contributed by atoms with Crippen LogP contribution in [0.3, 0.4) is 0 Å². The Bertz CT molecular complexity index is 1410. The molecule has 0 bridgehead atoms. The van der Waals surface area contributed by atoms with Gasteiger partial charge in [0.15, 0.2) is 5.82 Å². The largest absolute Gasteiger partial charge is 0.349 e. The molecule has 8 heteroatoms. The number of halogens is 1. The first-order valence-electron chi connectivity index (χ1n) is 12.7. The predicted octanol–water partition coefficient (Wildman–Crippen LogP) is 5.24. The first-order chi connectivity index (χ1) is 18.4. The molecule has 0 aliphatic carbocycles. The van der Waals surface area contributed by atoms with E-state index in [4.69, 9.17) is 4.52 Å². The zero-order chi connectivity index (χ0) is 26.7. The van der Waals surface area contributed by atoms with Gasteiger partial charge < -0.3 is 14.7 Å². The topological polar surface area (TPSA) is 88.3 Å². The Kier molecular flexibility index (Phi) is 7.05. The molecule has 2 heterocycles. The van der Waals surface area contributed by atoms with Crippen molar-refractivity contribution in [2.75, 3.05) is 13.1 Å². The molecule has 0 radical (unpaired) electrons. The molecule has 0 spiro atoms. The molecule has 0 saturated carbocycles. The second-order valence-corrected chi connectivity index (χ2v) is 9.71. The van der Waals surface area contributed by atoms with Crippen LogP contribution < -0.4 is 5.32 Å². The number of hydrogen-bond donors (Lipinski definition) is 1. The molecule has 1 saturated heterocycles. The van der Waals surface area contributed by atoms with Gasteiger partial charge in [-0.05, 0) is 74.2 Å². The van der Waals surface area contributed by atoms with Crippen molar-refractivity contribution >= 4 is 11.8 Å². The fourth-order valence-corrected chi connectivity index (χ4v) is 5.02. The summed E-state index contributed by atoms with van der Waals surface area (Å²) in [6, 6.07) is 22.7. The van der Waals surface area contributed by atoms with Gasteiger partial charge >= 0.3 is 0 Å². The number of carbonyl (C=O) groups is 2. The summed E-state index contributed by atoms with van der Waals surface area (Å²) >= 11 is 0. The van der Waals surface area contributed by atoms with E-state index >= 15 is 0 Å². The highest BCUT2D eigenvalue weighted by Crippen LogP contribution is 2.37. The van der Waals surface area contributed by atoms with E-state index in [1.54, 1.807) is 48.2 Å². The Labute approximate surface area is 220 Å². The average Bonchev–Trinajstić information content (AvgIpc) is 3.39. The van der Waals surface area contributed by atoms with Crippen LogP contribution in [0.25, 0.3) is 11.5 Å². The Balaban J connectivity index is 1.31. The molecule has 0 unspecified atom stereocenters. The molecule has 7 nitrogen and oxygen atoms in total. The van der Waals surface area contributed by atoms with Crippen LogP contribution in [-0.4, -0.2) is 39.9 Å². The molecule has 2 amide bonds. The van der Waals surface area contributed by atoms with Crippen LogP contribution in [0, 0.1) is 12.7 Å². The summed E-state index contributed by atoms with van der Waals surface area (Å²) in [5.41, 5.74) is 2.29. The maximum absolute atomic E-state index is 13.8. The molecule has 1 atom stereocenters. The van der Waals surface area contributed by atoms with Crippen molar-refractivity contribution < 1.29 is 18.5 Å². The average molecular weight is 513 g/mol. The van der Waals surface area contributed by atoms with E-state index in [-0.39, 0.29) is 23.7 Å². The summed E-state index contributed by atoms with van der Waals surface area (Å²) in [4.78, 5) is 33.1. The molecular formula is C30H29FN4O3. The lowest BCUT2D eigenvalue weighted by Gasteiger charge is -2.41. The van der Waals surface area contributed by atoms with Crippen LogP contribution in [-0.2, 0) is 10.2 Å². The highest BCUT2D eigenvalue weighted by molar-refractivity contribution is 5.95. The van der Waals surface area contributed by atoms with E-state index in [9.17, 15) is 14.0 Å². The quantitative estimate of drug-likeness (QED) is 0.382. The van der Waals surface area contributed by atoms with Gasteiger partial charge in [-0.25, -0.2) is 4.39 Å². The van der Waals surface area contributed by atoms with E-state index in [0.717, 1.165) is 16.7 Å². The molecule has 1 fully saturated rings. The highest BCUT2D eigenvalue weighted by atomic mass is 19.1. The van der Waals surface area contributed by atoms with Gasteiger partial charge in [0.05, 0.1) is 11.5 Å². The van der Waals surface area contributed by atoms with Crippen LogP contribution in [0.2, 0.25) is 0 Å². The number of amides is 2. The molecule has 3 aromatic carbocycles. The number of aromatic nitrogens is 2. The van der Waals surface area contributed by atoms with Crippen molar-refractivity contribution in [1.82, 2.24) is 20.4 Å². The molecule has 4 aromatic rings. The number of benzene rings is 3. The number of nitrogens with zero attached hydrogens (tertiary/aromatic N) is 3. The van der Waals surface area contributed by atoms with Crippen molar-refractivity contribution in [3.8, 4) is 11.5 Å². The molecule has 5 rings (SSSR count). The number of likely N-dealkylation sites (tertiary alicyclic amines) is 1. The third kappa shape index (κ3) is 5.07. The minimum atomic E-state index is -0.772. The molecule has 1 aliphatic rings. The van der Waals surface area contributed by atoms with Gasteiger partial charge in [-0.15, -0.1) is 0 Å². The van der Waals surface area contributed by atoms with Crippen molar-refractivity contribution in [3.63, 3.8) is 0 Å². The summed E-state index contributed by atoms with van der Waals surface area (Å²) in [6.45, 7) is 4.52. The lowest BCUT2D eigenvalue weighted by Crippen LogP contribution is -2.53. The predicted molar refractivity (Wildman–Crippen MR) is 141 cm³/mol. The highest BCUT2D eigenvalue weighted by Gasteiger charge is 2.44. The van der Waals surface area contributed by atoms with Crippen LogP contribution in [0.15, 0.2) is 83.4 Å². The molecule has 38 heavy (non-hydrogen) atoms. The molecule has 1 aromatic heterocycles. The van der Waals surface area contributed by atoms with Crippen molar-refractivity contribution in [1.29, 1.82) is 0 Å². The number of carbonyl (C=O) groups excluding carboxylic acids is 2. The van der Waals surface area contributed by atoms with E-state index in [0.29, 0.717) is 43.2 Å². The monoisotopic (exact) mass is 512 g/mol. The van der Waals surface area contributed by atoms with Gasteiger partial charge in [0.1, 0.15) is 5.82 Å². The summed E-state index contributed by atoms with van der Waals surface area (Å²) in [6.07, 6.45) is 0.980. The number of nitrogens with one attached hydrogen (secondary N) is 1. The Morgan fingerprint density at radius 2 is 1.63 bits per heavy atom. The minimum absolute atomic E-state index is 0.0833. The molecule has 1 N–H and O–H groups in total. The Morgan fingerprint density at radius 1 is 0.974 bits per heavy atom. The van der Waals surface area contributed by atoms with Gasteiger partial charge in [0, 0.05) is 24.2 Å². The smallest absolute Gasteiger partial charge is 0.257 e. The Morgan fingerprint density at radius 3 is 2.24 bits per heavy atom. The van der Waals surface area contributed by atoms with Crippen molar-refractivity contribution in [2.24, 2.45) is 0 Å². The van der Waals surface area contributed by atoms with Gasteiger partial charge in [0.2, 0.25) is 5.91 Å². The lowest BCUT2D eigenvalue weighted by atomic mass is 9.71. The summed E-state index contributed by atoms with van der Waals surface area (Å²) in [7, 11) is 0. The maximum atomic E-state index is 13.8. The molecule has 1 aliphatic heterocycles. The zero-order valence-corrected chi connectivity index (χ0v) is 21.4. The second kappa shape index (κ2) is 10.6. The Hall–Kier alpha value is -4.33. The van der Waals surface area contributed by atoms with E-state index in [2.05, 4.69) is 15.5 Å². The van der Waals surface area contributed by atoms with Crippen molar-refractivity contribution in [2.45, 2.75) is 38.1 Å². The maximum Gasteiger partial charge on any atom is 0.257 e. The number of aryl methyl sites for hydroxylation is 1. The van der Waals surface area contributed by atoms with Gasteiger partial charge in [-0.3, -0.25) is 9.59 Å². The van der Waals surface area contributed by atoms with Gasteiger partial charge in [0.25, 0.3) is 11.8 Å². The summed E-state index contributed by atoms with van der Waals surface area (Å²) < 4.78 is 18.6. The first-order valence-corrected chi connectivity index (χ1v) is 12.7. The molecule has 194 valence electrons. The zero-order valence-electron chi connectivity index (χ0n) is 21.4. The number of hydrogen-bond acceptors (Lipinski definition) is 5. The van der Waals surface area contributed by atoms with E-state index in [1.165, 1.54) is 12.1 Å². The third-order valence-electron chi connectivity index (χ3n) is 7.29.